The first-order valence-corrected chi connectivity index (χ1v) is 6.44. The van der Waals surface area contributed by atoms with Crippen LogP contribution in [0.1, 0.15) is 5.56 Å². The summed E-state index contributed by atoms with van der Waals surface area (Å²) in [6, 6.07) is 8.48. The van der Waals surface area contributed by atoms with Gasteiger partial charge in [-0.05, 0) is 30.3 Å². The summed E-state index contributed by atoms with van der Waals surface area (Å²) in [6.07, 6.45) is -0.190. The fourth-order valence-corrected chi connectivity index (χ4v) is 2.06. The first-order chi connectivity index (χ1) is 9.47. The third-order valence-electron chi connectivity index (χ3n) is 2.63. The smallest absolute Gasteiger partial charge is 0.228 e. The zero-order chi connectivity index (χ0) is 14.7. The number of halogens is 3. The zero-order valence-electron chi connectivity index (χ0n) is 10.2. The van der Waals surface area contributed by atoms with Crippen LogP contribution in [0.4, 0.5) is 10.1 Å². The molecule has 0 aliphatic heterocycles. The molecule has 0 bridgehead atoms. The van der Waals surface area contributed by atoms with Gasteiger partial charge in [-0.1, -0.05) is 29.3 Å². The number of phenols is 1. The molecule has 0 heterocycles. The number of carbonyl (C=O) groups is 1. The number of anilines is 1. The van der Waals surface area contributed by atoms with Gasteiger partial charge in [-0.15, -0.1) is 0 Å². The van der Waals surface area contributed by atoms with Crippen molar-refractivity contribution in [3.8, 4) is 5.75 Å². The predicted octanol–water partition coefficient (Wildman–Crippen LogP) is 4.02. The van der Waals surface area contributed by atoms with E-state index in [2.05, 4.69) is 5.32 Å². The molecule has 0 saturated heterocycles. The molecule has 0 aliphatic rings. The molecule has 6 heteroatoms. The second-order valence-electron chi connectivity index (χ2n) is 4.09. The summed E-state index contributed by atoms with van der Waals surface area (Å²) in [7, 11) is 0. The molecule has 0 aliphatic carbocycles. The van der Waals surface area contributed by atoms with E-state index in [4.69, 9.17) is 23.2 Å². The van der Waals surface area contributed by atoms with Crippen molar-refractivity contribution in [2.75, 3.05) is 5.32 Å². The number of aromatic hydroxyl groups is 1. The third-order valence-corrected chi connectivity index (χ3v) is 3.29. The van der Waals surface area contributed by atoms with Crippen LogP contribution in [0.2, 0.25) is 10.0 Å². The van der Waals surface area contributed by atoms with Crippen LogP contribution in [0.25, 0.3) is 0 Å². The van der Waals surface area contributed by atoms with Crippen molar-refractivity contribution in [3.63, 3.8) is 0 Å². The van der Waals surface area contributed by atoms with Gasteiger partial charge in [0.2, 0.25) is 5.91 Å². The van der Waals surface area contributed by atoms with Gasteiger partial charge in [-0.3, -0.25) is 4.79 Å². The summed E-state index contributed by atoms with van der Waals surface area (Å²) in [5, 5.41) is 12.1. The molecule has 0 aromatic heterocycles. The van der Waals surface area contributed by atoms with Crippen LogP contribution in [-0.2, 0) is 11.2 Å². The van der Waals surface area contributed by atoms with Crippen molar-refractivity contribution in [2.24, 2.45) is 0 Å². The van der Waals surface area contributed by atoms with E-state index in [1.165, 1.54) is 36.4 Å². The molecule has 2 rings (SSSR count). The van der Waals surface area contributed by atoms with Crippen molar-refractivity contribution in [1.82, 2.24) is 0 Å². The number of amides is 1. The van der Waals surface area contributed by atoms with Gasteiger partial charge in [-0.25, -0.2) is 4.39 Å². The molecular weight excluding hydrogens is 304 g/mol. The van der Waals surface area contributed by atoms with E-state index < -0.39 is 11.7 Å². The van der Waals surface area contributed by atoms with Crippen LogP contribution in [0, 0.1) is 5.82 Å². The normalized spacial score (nSPS) is 10.3. The molecule has 0 saturated carbocycles. The summed E-state index contributed by atoms with van der Waals surface area (Å²) in [5.74, 6) is -1.04. The number of hydrogen-bond acceptors (Lipinski definition) is 2. The standard InChI is InChI=1S/C14H10Cl2FNO2/c15-10-2-1-3-12(17)9(10)7-14(20)18-8-4-5-13(19)11(16)6-8/h1-6,19H,7H2,(H,18,20). The summed E-state index contributed by atoms with van der Waals surface area (Å²) in [6.45, 7) is 0. The lowest BCUT2D eigenvalue weighted by atomic mass is 10.1. The number of carbonyl (C=O) groups excluding carboxylic acids is 1. The molecular formula is C14H10Cl2FNO2. The van der Waals surface area contributed by atoms with Gasteiger partial charge in [0.05, 0.1) is 11.4 Å². The highest BCUT2D eigenvalue weighted by molar-refractivity contribution is 6.32. The van der Waals surface area contributed by atoms with Crippen molar-refractivity contribution in [1.29, 1.82) is 0 Å². The molecule has 0 spiro atoms. The lowest BCUT2D eigenvalue weighted by molar-refractivity contribution is -0.115. The molecule has 3 nitrogen and oxygen atoms in total. The van der Waals surface area contributed by atoms with Crippen LogP contribution in [-0.4, -0.2) is 11.0 Å². The van der Waals surface area contributed by atoms with Gasteiger partial charge >= 0.3 is 0 Å². The molecule has 2 N–H and O–H groups in total. The SMILES string of the molecule is O=C(Cc1c(F)cccc1Cl)Nc1ccc(O)c(Cl)c1. The first-order valence-electron chi connectivity index (χ1n) is 5.68. The van der Waals surface area contributed by atoms with E-state index >= 15 is 0 Å². The van der Waals surface area contributed by atoms with Gasteiger partial charge in [-0.2, -0.15) is 0 Å². The monoisotopic (exact) mass is 313 g/mol. The molecule has 0 radical (unpaired) electrons. The highest BCUT2D eigenvalue weighted by atomic mass is 35.5. The maximum Gasteiger partial charge on any atom is 0.228 e. The quantitative estimate of drug-likeness (QED) is 0.841. The van der Waals surface area contributed by atoms with Crippen LogP contribution >= 0.6 is 23.2 Å². The molecule has 104 valence electrons. The fourth-order valence-electron chi connectivity index (χ4n) is 1.65. The average Bonchev–Trinajstić information content (AvgIpc) is 2.38. The Kier molecular flexibility index (Phi) is 4.47. The molecule has 0 fully saturated rings. The third kappa shape index (κ3) is 3.40. The number of hydrogen-bond donors (Lipinski definition) is 2. The maximum atomic E-state index is 13.5. The van der Waals surface area contributed by atoms with Crippen molar-refractivity contribution in [3.05, 3.63) is 57.8 Å². The average molecular weight is 314 g/mol. The minimum absolute atomic E-state index is 0.0817. The minimum atomic E-state index is -0.531. The van der Waals surface area contributed by atoms with Gasteiger partial charge in [0.25, 0.3) is 0 Å². The highest BCUT2D eigenvalue weighted by Crippen LogP contribution is 2.26. The summed E-state index contributed by atoms with van der Waals surface area (Å²) >= 11 is 11.6. The van der Waals surface area contributed by atoms with Crippen LogP contribution in [0.5, 0.6) is 5.75 Å². The molecule has 1 amide bonds. The number of benzene rings is 2. The highest BCUT2D eigenvalue weighted by Gasteiger charge is 2.12. The van der Waals surface area contributed by atoms with Crippen molar-refractivity contribution < 1.29 is 14.3 Å². The summed E-state index contributed by atoms with van der Waals surface area (Å²) in [4.78, 5) is 11.8. The van der Waals surface area contributed by atoms with Gasteiger partial charge in [0.1, 0.15) is 11.6 Å². The van der Waals surface area contributed by atoms with Crippen molar-refractivity contribution >= 4 is 34.8 Å². The number of phenolic OH excluding ortho intramolecular Hbond substituents is 1. The Morgan fingerprint density at radius 3 is 2.60 bits per heavy atom. The van der Waals surface area contributed by atoms with E-state index in [1.54, 1.807) is 0 Å². The topological polar surface area (TPSA) is 49.3 Å². The lowest BCUT2D eigenvalue weighted by Gasteiger charge is -2.08. The van der Waals surface area contributed by atoms with Gasteiger partial charge in [0, 0.05) is 16.3 Å². The van der Waals surface area contributed by atoms with Crippen LogP contribution < -0.4 is 5.32 Å². The number of nitrogens with one attached hydrogen (secondary N) is 1. The molecule has 2 aromatic rings. The Labute approximate surface area is 124 Å². The predicted molar refractivity (Wildman–Crippen MR) is 76.9 cm³/mol. The maximum absolute atomic E-state index is 13.5. The Morgan fingerprint density at radius 2 is 1.95 bits per heavy atom. The van der Waals surface area contributed by atoms with E-state index in [-0.39, 0.29) is 27.8 Å². The van der Waals surface area contributed by atoms with E-state index in [1.807, 2.05) is 0 Å². The molecule has 0 unspecified atom stereocenters. The van der Waals surface area contributed by atoms with E-state index in [0.717, 1.165) is 0 Å². The molecule has 2 aromatic carbocycles. The lowest BCUT2D eigenvalue weighted by Crippen LogP contribution is -2.15. The Hall–Kier alpha value is -1.78. The second kappa shape index (κ2) is 6.11. The van der Waals surface area contributed by atoms with Gasteiger partial charge < -0.3 is 10.4 Å². The Balaban J connectivity index is 2.11. The van der Waals surface area contributed by atoms with Crippen LogP contribution in [0.3, 0.4) is 0 Å². The fraction of sp³-hybridized carbons (Fsp3) is 0.0714. The van der Waals surface area contributed by atoms with Crippen LogP contribution in [0.15, 0.2) is 36.4 Å². The molecule has 0 atom stereocenters. The second-order valence-corrected chi connectivity index (χ2v) is 4.91. The summed E-state index contributed by atoms with van der Waals surface area (Å²) in [5.41, 5.74) is 0.543. The largest absolute Gasteiger partial charge is 0.506 e. The van der Waals surface area contributed by atoms with E-state index in [0.29, 0.717) is 5.69 Å². The molecule has 20 heavy (non-hydrogen) atoms. The Morgan fingerprint density at radius 1 is 1.20 bits per heavy atom. The first kappa shape index (κ1) is 14.6. The van der Waals surface area contributed by atoms with E-state index in [9.17, 15) is 14.3 Å². The summed E-state index contributed by atoms with van der Waals surface area (Å²) < 4.78 is 13.5. The minimum Gasteiger partial charge on any atom is -0.506 e. The van der Waals surface area contributed by atoms with Crippen molar-refractivity contribution in [2.45, 2.75) is 6.42 Å². The zero-order valence-corrected chi connectivity index (χ0v) is 11.7. The van der Waals surface area contributed by atoms with Gasteiger partial charge in [0.15, 0.2) is 0 Å². The number of rotatable bonds is 3. The Bertz CT molecular complexity index is 641.